The number of fused-ring (bicyclic) bond motifs is 1. The zero-order valence-electron chi connectivity index (χ0n) is 14.8. The van der Waals surface area contributed by atoms with Gasteiger partial charge < -0.3 is 14.5 Å². The van der Waals surface area contributed by atoms with E-state index in [1.54, 1.807) is 32.2 Å². The minimum absolute atomic E-state index is 0.684. The summed E-state index contributed by atoms with van der Waals surface area (Å²) in [4.78, 5) is 10.1. The van der Waals surface area contributed by atoms with Gasteiger partial charge in [0.1, 0.15) is 5.65 Å². The molecule has 0 bridgehead atoms. The Morgan fingerprint density at radius 2 is 1.74 bits per heavy atom. The molecule has 0 spiro atoms. The van der Waals surface area contributed by atoms with Gasteiger partial charge in [0.25, 0.3) is 0 Å². The van der Waals surface area contributed by atoms with Crippen LogP contribution in [0.4, 0.5) is 0 Å². The quantitative estimate of drug-likeness (QED) is 0.446. The predicted octanol–water partition coefficient (Wildman–Crippen LogP) is 6.05. The molecule has 0 fully saturated rings. The molecule has 4 rings (SSSR count). The van der Waals surface area contributed by atoms with Crippen LogP contribution in [-0.2, 0) is 0 Å². The molecule has 4 nitrogen and oxygen atoms in total. The van der Waals surface area contributed by atoms with E-state index < -0.39 is 0 Å². The fourth-order valence-electron chi connectivity index (χ4n) is 2.92. The summed E-state index contributed by atoms with van der Waals surface area (Å²) in [6.45, 7) is 0. The number of nitrogens with zero attached hydrogens (tertiary/aromatic N) is 1. The zero-order chi connectivity index (χ0) is 18.8. The first-order valence-electron chi connectivity index (χ1n) is 8.32. The molecule has 6 heteroatoms. The van der Waals surface area contributed by atoms with Crippen LogP contribution in [0.3, 0.4) is 0 Å². The molecule has 1 N–H and O–H groups in total. The average molecular weight is 397 g/mol. The minimum Gasteiger partial charge on any atom is -0.493 e. The summed E-state index contributed by atoms with van der Waals surface area (Å²) >= 11 is 7.70. The Bertz CT molecular complexity index is 1090. The van der Waals surface area contributed by atoms with E-state index in [9.17, 15) is 0 Å². The molecule has 4 aromatic rings. The van der Waals surface area contributed by atoms with Crippen LogP contribution in [0.25, 0.3) is 22.3 Å². The molecule has 0 aliphatic rings. The van der Waals surface area contributed by atoms with E-state index in [0.717, 1.165) is 37.1 Å². The predicted molar refractivity (Wildman–Crippen MR) is 110 cm³/mol. The summed E-state index contributed by atoms with van der Waals surface area (Å²) in [5, 5.41) is 1.79. The van der Waals surface area contributed by atoms with Crippen molar-refractivity contribution in [2.24, 2.45) is 0 Å². The second-order valence-electron chi connectivity index (χ2n) is 5.85. The number of ether oxygens (including phenoxy) is 2. The summed E-state index contributed by atoms with van der Waals surface area (Å²) in [7, 11) is 3.27. The lowest BCUT2D eigenvalue weighted by Gasteiger charge is -2.10. The van der Waals surface area contributed by atoms with Crippen molar-refractivity contribution >= 4 is 34.4 Å². The maximum atomic E-state index is 6.03. The topological polar surface area (TPSA) is 47.1 Å². The van der Waals surface area contributed by atoms with Gasteiger partial charge in [0.2, 0.25) is 0 Å². The normalized spacial score (nSPS) is 10.9. The summed E-state index contributed by atoms with van der Waals surface area (Å²) in [5.41, 5.74) is 2.84. The summed E-state index contributed by atoms with van der Waals surface area (Å²) in [5.74, 6) is 1.38. The Morgan fingerprint density at radius 3 is 2.48 bits per heavy atom. The molecule has 0 amide bonds. The van der Waals surface area contributed by atoms with Crippen molar-refractivity contribution in [3.05, 3.63) is 65.8 Å². The van der Waals surface area contributed by atoms with Crippen molar-refractivity contribution in [2.75, 3.05) is 14.2 Å². The number of halogens is 1. The molecular formula is C21H17ClN2O2S. The molecule has 136 valence electrons. The van der Waals surface area contributed by atoms with Gasteiger partial charge in [0, 0.05) is 32.0 Å². The Morgan fingerprint density at radius 1 is 0.963 bits per heavy atom. The fourth-order valence-corrected chi connectivity index (χ4v) is 4.10. The van der Waals surface area contributed by atoms with Gasteiger partial charge in [-0.05, 0) is 54.6 Å². The molecule has 0 saturated heterocycles. The molecule has 0 unspecified atom stereocenters. The van der Waals surface area contributed by atoms with Crippen LogP contribution in [0.15, 0.2) is 70.6 Å². The number of rotatable bonds is 5. The van der Waals surface area contributed by atoms with Gasteiger partial charge in [-0.1, -0.05) is 23.4 Å². The summed E-state index contributed by atoms with van der Waals surface area (Å²) < 4.78 is 10.8. The molecule has 0 atom stereocenters. The van der Waals surface area contributed by atoms with E-state index in [1.165, 1.54) is 0 Å². The number of methoxy groups -OCH3 is 2. The van der Waals surface area contributed by atoms with E-state index >= 15 is 0 Å². The number of hydrogen-bond donors (Lipinski definition) is 1. The van der Waals surface area contributed by atoms with Crippen molar-refractivity contribution in [1.29, 1.82) is 0 Å². The molecular weight excluding hydrogens is 380 g/mol. The lowest BCUT2D eigenvalue weighted by molar-refractivity contribution is 0.355. The number of aromatic amines is 1. The van der Waals surface area contributed by atoms with Gasteiger partial charge in [0.05, 0.1) is 19.9 Å². The second-order valence-corrected chi connectivity index (χ2v) is 7.37. The monoisotopic (exact) mass is 396 g/mol. The minimum atomic E-state index is 0.684. The molecule has 0 aliphatic carbocycles. The molecule has 0 saturated carbocycles. The smallest absolute Gasteiger partial charge is 0.161 e. The Balaban J connectivity index is 1.86. The number of aromatic nitrogens is 2. The average Bonchev–Trinajstić information content (AvgIpc) is 3.07. The van der Waals surface area contributed by atoms with Gasteiger partial charge in [-0.3, -0.25) is 0 Å². The van der Waals surface area contributed by atoms with Crippen molar-refractivity contribution in [3.8, 4) is 22.8 Å². The maximum absolute atomic E-state index is 6.03. The maximum Gasteiger partial charge on any atom is 0.161 e. The SMILES string of the molecule is COc1ccc(-c2[nH]c3ncccc3c2Sc2ccc(Cl)cc2)cc1OC. The molecule has 0 aliphatic heterocycles. The molecule has 27 heavy (non-hydrogen) atoms. The standard InChI is InChI=1S/C21H17ClN2O2S/c1-25-17-10-5-13(12-18(17)26-2)19-20(16-4-3-11-23-21(16)24-19)27-15-8-6-14(22)7-9-15/h3-12H,1-2H3,(H,23,24). The van der Waals surface area contributed by atoms with Crippen LogP contribution >= 0.6 is 23.4 Å². The Kier molecular flexibility index (Phi) is 4.97. The third-order valence-electron chi connectivity index (χ3n) is 4.23. The third kappa shape index (κ3) is 3.48. The van der Waals surface area contributed by atoms with E-state index in [4.69, 9.17) is 21.1 Å². The number of hydrogen-bond acceptors (Lipinski definition) is 4. The van der Waals surface area contributed by atoms with Crippen molar-refractivity contribution in [2.45, 2.75) is 9.79 Å². The largest absolute Gasteiger partial charge is 0.493 e. The van der Waals surface area contributed by atoms with Gasteiger partial charge in [-0.25, -0.2) is 4.98 Å². The van der Waals surface area contributed by atoms with E-state index in [0.29, 0.717) is 11.5 Å². The number of H-pyrrole nitrogens is 1. The van der Waals surface area contributed by atoms with Crippen LogP contribution in [0.5, 0.6) is 11.5 Å². The molecule has 2 aromatic heterocycles. The highest BCUT2D eigenvalue weighted by atomic mass is 35.5. The highest BCUT2D eigenvalue weighted by molar-refractivity contribution is 7.99. The van der Waals surface area contributed by atoms with Gasteiger partial charge >= 0.3 is 0 Å². The van der Waals surface area contributed by atoms with Crippen LogP contribution in [-0.4, -0.2) is 24.2 Å². The van der Waals surface area contributed by atoms with Crippen LogP contribution in [0.1, 0.15) is 0 Å². The summed E-state index contributed by atoms with van der Waals surface area (Å²) in [6, 6.07) is 17.7. The van der Waals surface area contributed by atoms with Crippen molar-refractivity contribution < 1.29 is 9.47 Å². The number of nitrogens with one attached hydrogen (secondary N) is 1. The lowest BCUT2D eigenvalue weighted by Crippen LogP contribution is -1.91. The van der Waals surface area contributed by atoms with Crippen LogP contribution in [0, 0.1) is 0 Å². The fraction of sp³-hybridized carbons (Fsp3) is 0.0952. The van der Waals surface area contributed by atoms with Crippen molar-refractivity contribution in [3.63, 3.8) is 0 Å². The Hall–Kier alpha value is -2.63. The highest BCUT2D eigenvalue weighted by Gasteiger charge is 2.17. The van der Waals surface area contributed by atoms with E-state index in [1.807, 2.05) is 48.5 Å². The molecule has 2 aromatic carbocycles. The first-order valence-corrected chi connectivity index (χ1v) is 9.51. The number of benzene rings is 2. The van der Waals surface area contributed by atoms with Crippen molar-refractivity contribution in [1.82, 2.24) is 9.97 Å². The first-order chi connectivity index (χ1) is 13.2. The number of pyridine rings is 1. The second kappa shape index (κ2) is 7.55. The van der Waals surface area contributed by atoms with Gasteiger partial charge in [-0.2, -0.15) is 0 Å². The van der Waals surface area contributed by atoms with E-state index in [-0.39, 0.29) is 0 Å². The summed E-state index contributed by atoms with van der Waals surface area (Å²) in [6.07, 6.45) is 1.79. The first kappa shape index (κ1) is 17.8. The Labute approximate surface area is 166 Å². The van der Waals surface area contributed by atoms with Gasteiger partial charge in [0.15, 0.2) is 11.5 Å². The van der Waals surface area contributed by atoms with Crippen LogP contribution < -0.4 is 9.47 Å². The highest BCUT2D eigenvalue weighted by Crippen LogP contribution is 2.42. The molecule has 2 heterocycles. The lowest BCUT2D eigenvalue weighted by atomic mass is 10.1. The van der Waals surface area contributed by atoms with E-state index in [2.05, 4.69) is 16.0 Å². The zero-order valence-corrected chi connectivity index (χ0v) is 16.4. The van der Waals surface area contributed by atoms with Crippen LogP contribution in [0.2, 0.25) is 5.02 Å². The molecule has 0 radical (unpaired) electrons. The third-order valence-corrected chi connectivity index (χ3v) is 5.62. The van der Waals surface area contributed by atoms with Gasteiger partial charge in [-0.15, -0.1) is 0 Å².